The Morgan fingerprint density at radius 2 is 1.84 bits per heavy atom. The highest BCUT2D eigenvalue weighted by Gasteiger charge is 2.29. The number of nitrogens with zero attached hydrogens (tertiary/aromatic N) is 1. The van der Waals surface area contributed by atoms with Gasteiger partial charge in [0.15, 0.2) is 22.7 Å². The Hall–Kier alpha value is -3.36. The maximum Gasteiger partial charge on any atom is 0.257 e. The first kappa shape index (κ1) is 20.9. The molecule has 4 rings (SSSR count). The Morgan fingerprint density at radius 1 is 1.10 bits per heavy atom. The summed E-state index contributed by atoms with van der Waals surface area (Å²) in [6.45, 7) is 3.55. The molecule has 8 heteroatoms. The van der Waals surface area contributed by atoms with Gasteiger partial charge in [-0.2, -0.15) is 4.73 Å². The zero-order chi connectivity index (χ0) is 22.3. The molecule has 1 unspecified atom stereocenters. The van der Waals surface area contributed by atoms with Gasteiger partial charge in [-0.05, 0) is 49.3 Å². The molecule has 2 heterocycles. The van der Waals surface area contributed by atoms with E-state index in [9.17, 15) is 19.3 Å². The summed E-state index contributed by atoms with van der Waals surface area (Å²) in [5.41, 5.74) is 0.922. The summed E-state index contributed by atoms with van der Waals surface area (Å²) in [4.78, 5) is 29.6. The van der Waals surface area contributed by atoms with E-state index in [0.29, 0.717) is 32.1 Å². The number of carbonyl (C=O) groups excluding carboxylic acids is 1. The maximum atomic E-state index is 13.2. The number of amides is 1. The topological polar surface area (TPSA) is 112 Å². The molecule has 2 aromatic carbocycles. The Morgan fingerprint density at radius 3 is 2.55 bits per heavy atom. The molecule has 2 N–H and O–H groups in total. The van der Waals surface area contributed by atoms with E-state index >= 15 is 0 Å². The molecule has 0 bridgehead atoms. The van der Waals surface area contributed by atoms with Crippen LogP contribution in [0.15, 0.2) is 70.6 Å². The van der Waals surface area contributed by atoms with E-state index in [4.69, 9.17) is 0 Å². The van der Waals surface area contributed by atoms with Gasteiger partial charge in [-0.1, -0.05) is 12.1 Å². The lowest BCUT2D eigenvalue weighted by atomic mass is 9.95. The summed E-state index contributed by atoms with van der Waals surface area (Å²) in [6.07, 6.45) is 4.22. The number of nitrogens with one attached hydrogen (secondary N) is 2. The van der Waals surface area contributed by atoms with Crippen LogP contribution in [0, 0.1) is 5.21 Å². The van der Waals surface area contributed by atoms with E-state index in [1.807, 2.05) is 6.07 Å². The number of hydrogen-bond donors (Lipinski definition) is 2. The van der Waals surface area contributed by atoms with Crippen LogP contribution in [0.5, 0.6) is 0 Å². The lowest BCUT2D eigenvalue weighted by Gasteiger charge is -2.26. The molecule has 31 heavy (non-hydrogen) atoms. The van der Waals surface area contributed by atoms with Crippen molar-refractivity contribution in [2.75, 3.05) is 6.26 Å². The van der Waals surface area contributed by atoms with Gasteiger partial charge in [0.2, 0.25) is 0 Å². The highest BCUT2D eigenvalue weighted by molar-refractivity contribution is 7.90. The van der Waals surface area contributed by atoms with Crippen molar-refractivity contribution in [3.63, 3.8) is 0 Å². The standard InChI is InChI=1S/C23H21N3O4S/c1-23(2,14-7-6-10-26(29)13-14)25-22(28)17-11-19-16(12-20(17)31(3)30)21(27)15-8-4-5-9-18(15)24-19/h4-13H,1-3H3,(H,24,27)(H,25,28). The molecule has 2 aromatic heterocycles. The molecule has 0 aliphatic heterocycles. The van der Waals surface area contributed by atoms with Gasteiger partial charge in [0, 0.05) is 28.6 Å². The van der Waals surface area contributed by atoms with Crippen molar-refractivity contribution in [2.45, 2.75) is 24.3 Å². The molecule has 158 valence electrons. The number of aromatic nitrogens is 2. The summed E-state index contributed by atoms with van der Waals surface area (Å²) in [5.74, 6) is -0.451. The fraction of sp³-hybridized carbons (Fsp3) is 0.174. The number of rotatable bonds is 4. The molecule has 0 radical (unpaired) electrons. The molecule has 4 aromatic rings. The van der Waals surface area contributed by atoms with Gasteiger partial charge in [-0.25, -0.2) is 0 Å². The van der Waals surface area contributed by atoms with Gasteiger partial charge in [0.05, 0.1) is 22.0 Å². The molecule has 0 saturated heterocycles. The van der Waals surface area contributed by atoms with Crippen LogP contribution >= 0.6 is 0 Å². The third-order valence-electron chi connectivity index (χ3n) is 5.28. The zero-order valence-corrected chi connectivity index (χ0v) is 18.1. The molecule has 0 aliphatic carbocycles. The number of H-pyrrole nitrogens is 1. The summed E-state index contributed by atoms with van der Waals surface area (Å²) in [7, 11) is 0. The molecule has 0 saturated carbocycles. The first-order valence-corrected chi connectivity index (χ1v) is 11.2. The van der Waals surface area contributed by atoms with Crippen LogP contribution in [0.1, 0.15) is 29.8 Å². The van der Waals surface area contributed by atoms with Crippen LogP contribution in [0.25, 0.3) is 21.8 Å². The second-order valence-corrected chi connectivity index (χ2v) is 9.23. The van der Waals surface area contributed by atoms with Gasteiger partial charge >= 0.3 is 0 Å². The van der Waals surface area contributed by atoms with Crippen molar-refractivity contribution in [1.82, 2.24) is 10.3 Å². The van der Waals surface area contributed by atoms with Gasteiger partial charge in [0.1, 0.15) is 6.26 Å². The van der Waals surface area contributed by atoms with Crippen LogP contribution < -0.4 is 15.5 Å². The van der Waals surface area contributed by atoms with E-state index in [0.717, 1.165) is 0 Å². The van der Waals surface area contributed by atoms with Crippen molar-refractivity contribution >= 4 is 38.9 Å². The second-order valence-electron chi connectivity index (χ2n) is 7.88. The smallest absolute Gasteiger partial charge is 0.257 e. The van der Waals surface area contributed by atoms with E-state index in [2.05, 4.69) is 10.3 Å². The number of pyridine rings is 2. The molecule has 1 amide bonds. The minimum atomic E-state index is -1.50. The van der Waals surface area contributed by atoms with Gasteiger partial charge in [-0.15, -0.1) is 0 Å². The predicted octanol–water partition coefficient (Wildman–Crippen LogP) is 2.72. The highest BCUT2D eigenvalue weighted by Crippen LogP contribution is 2.25. The minimum Gasteiger partial charge on any atom is -0.619 e. The lowest BCUT2D eigenvalue weighted by Crippen LogP contribution is -2.43. The average Bonchev–Trinajstić information content (AvgIpc) is 2.72. The van der Waals surface area contributed by atoms with Crippen LogP contribution in [0.3, 0.4) is 0 Å². The molecular weight excluding hydrogens is 414 g/mol. The number of carbonyl (C=O) groups is 1. The summed E-state index contributed by atoms with van der Waals surface area (Å²) in [5, 5.41) is 15.5. The first-order valence-electron chi connectivity index (χ1n) is 9.61. The summed E-state index contributed by atoms with van der Waals surface area (Å²) in [6, 6.07) is 13.5. The largest absolute Gasteiger partial charge is 0.619 e. The summed E-state index contributed by atoms with van der Waals surface area (Å²) >= 11 is -1.50. The number of benzene rings is 2. The third kappa shape index (κ3) is 3.87. The molecule has 1 atom stereocenters. The SMILES string of the molecule is C[S+]([O-])c1cc2c(=O)c3ccccc3[nH]c2cc1C(=O)NC(C)(C)c1ccc[n+]([O-])c1. The quantitative estimate of drug-likeness (QED) is 0.222. The van der Waals surface area contributed by atoms with Crippen LogP contribution in [-0.4, -0.2) is 21.7 Å². The number of aromatic amines is 1. The molecule has 0 spiro atoms. The van der Waals surface area contributed by atoms with E-state index in [1.54, 1.807) is 50.2 Å². The Kier molecular flexibility index (Phi) is 5.20. The lowest BCUT2D eigenvalue weighted by molar-refractivity contribution is -0.606. The Balaban J connectivity index is 1.83. The molecule has 7 nitrogen and oxygen atoms in total. The second kappa shape index (κ2) is 7.72. The van der Waals surface area contributed by atoms with Crippen molar-refractivity contribution in [3.8, 4) is 0 Å². The monoisotopic (exact) mass is 435 g/mol. The van der Waals surface area contributed by atoms with Crippen LogP contribution in [-0.2, 0) is 16.7 Å². The fourth-order valence-corrected chi connectivity index (χ4v) is 4.36. The highest BCUT2D eigenvalue weighted by atomic mass is 32.2. The Labute approximate surface area is 181 Å². The van der Waals surface area contributed by atoms with Crippen molar-refractivity contribution in [3.05, 3.63) is 87.5 Å². The van der Waals surface area contributed by atoms with E-state index < -0.39 is 22.6 Å². The van der Waals surface area contributed by atoms with Crippen molar-refractivity contribution in [2.24, 2.45) is 0 Å². The van der Waals surface area contributed by atoms with Gasteiger partial charge in [-0.3, -0.25) is 9.59 Å². The van der Waals surface area contributed by atoms with Gasteiger partial charge in [0.25, 0.3) is 5.91 Å². The molecule has 0 aliphatic rings. The van der Waals surface area contributed by atoms with E-state index in [1.165, 1.54) is 24.7 Å². The number of hydrogen-bond acceptors (Lipinski definition) is 4. The van der Waals surface area contributed by atoms with Crippen molar-refractivity contribution in [1.29, 1.82) is 0 Å². The normalized spacial score (nSPS) is 12.8. The minimum absolute atomic E-state index is 0.187. The zero-order valence-electron chi connectivity index (χ0n) is 17.3. The number of para-hydroxylation sites is 1. The van der Waals surface area contributed by atoms with Gasteiger partial charge < -0.3 is 20.1 Å². The fourth-order valence-electron chi connectivity index (χ4n) is 3.61. The Bertz CT molecular complexity index is 1380. The maximum absolute atomic E-state index is 13.2. The first-order chi connectivity index (χ1) is 14.7. The number of fused-ring (bicyclic) bond motifs is 2. The van der Waals surface area contributed by atoms with E-state index in [-0.39, 0.29) is 15.9 Å². The molecule has 0 fully saturated rings. The third-order valence-corrected chi connectivity index (χ3v) is 6.24. The van der Waals surface area contributed by atoms with Crippen molar-refractivity contribution < 1.29 is 14.1 Å². The van der Waals surface area contributed by atoms with Crippen LogP contribution in [0.4, 0.5) is 0 Å². The molecular formula is C23H21N3O4S. The predicted molar refractivity (Wildman–Crippen MR) is 120 cm³/mol. The average molecular weight is 436 g/mol. The summed E-state index contributed by atoms with van der Waals surface area (Å²) < 4.78 is 13.1. The van der Waals surface area contributed by atoms with Crippen LogP contribution in [0.2, 0.25) is 0 Å².